The van der Waals surface area contributed by atoms with Crippen molar-refractivity contribution in [2.45, 2.75) is 19.8 Å². The molecule has 0 aliphatic carbocycles. The summed E-state index contributed by atoms with van der Waals surface area (Å²) in [4.78, 5) is 30.3. The zero-order valence-corrected chi connectivity index (χ0v) is 16.5. The summed E-state index contributed by atoms with van der Waals surface area (Å²) in [6, 6.07) is 13.5. The largest absolute Gasteiger partial charge is 0.378 e. The number of morpholine rings is 1. The van der Waals surface area contributed by atoms with E-state index in [-0.39, 0.29) is 11.8 Å². The molecule has 29 heavy (non-hydrogen) atoms. The molecule has 3 aromatic rings. The molecule has 0 atom stereocenters. The van der Waals surface area contributed by atoms with E-state index in [1.54, 1.807) is 11.0 Å². The van der Waals surface area contributed by atoms with E-state index in [0.29, 0.717) is 50.4 Å². The van der Waals surface area contributed by atoms with E-state index in [0.717, 1.165) is 22.0 Å². The van der Waals surface area contributed by atoms with Gasteiger partial charge in [-0.3, -0.25) is 9.59 Å². The molecule has 0 saturated carbocycles. The average Bonchev–Trinajstić information content (AvgIpc) is 3.17. The summed E-state index contributed by atoms with van der Waals surface area (Å²) in [5.41, 5.74) is 4.42. The van der Waals surface area contributed by atoms with Gasteiger partial charge in [0.15, 0.2) is 0 Å². The van der Waals surface area contributed by atoms with Gasteiger partial charge in [-0.15, -0.1) is 0 Å². The van der Waals surface area contributed by atoms with Gasteiger partial charge in [0.2, 0.25) is 5.91 Å². The van der Waals surface area contributed by atoms with E-state index >= 15 is 0 Å². The van der Waals surface area contributed by atoms with Gasteiger partial charge in [0, 0.05) is 47.9 Å². The van der Waals surface area contributed by atoms with Crippen LogP contribution in [0.3, 0.4) is 0 Å². The number of carbonyl (C=O) groups excluding carboxylic acids is 2. The Morgan fingerprint density at radius 3 is 2.76 bits per heavy atom. The summed E-state index contributed by atoms with van der Waals surface area (Å²) >= 11 is 0. The van der Waals surface area contributed by atoms with Crippen molar-refractivity contribution in [2.24, 2.45) is 0 Å². The molecular formula is C23H25N3O3. The van der Waals surface area contributed by atoms with Crippen molar-refractivity contribution in [3.63, 3.8) is 0 Å². The van der Waals surface area contributed by atoms with Crippen LogP contribution in [0, 0.1) is 6.92 Å². The van der Waals surface area contributed by atoms with Gasteiger partial charge in [-0.1, -0.05) is 24.3 Å². The topological polar surface area (TPSA) is 74.4 Å². The highest BCUT2D eigenvalue weighted by Crippen LogP contribution is 2.21. The van der Waals surface area contributed by atoms with Gasteiger partial charge in [0.05, 0.1) is 13.2 Å². The standard InChI is InChI=1S/C23H25N3O3/c1-16-6-7-17(23(28)26-10-12-29-13-11-26)14-21(16)25-22(27)9-8-18-15-24-20-5-3-2-4-19(18)20/h2-7,14-15,24H,8-13H2,1H3,(H,25,27). The normalized spacial score (nSPS) is 14.2. The Morgan fingerprint density at radius 2 is 1.93 bits per heavy atom. The van der Waals surface area contributed by atoms with Gasteiger partial charge in [0.25, 0.3) is 5.91 Å². The Kier molecular flexibility index (Phi) is 5.62. The van der Waals surface area contributed by atoms with Crippen LogP contribution in [0.1, 0.15) is 27.9 Å². The molecular weight excluding hydrogens is 366 g/mol. The molecule has 1 aliphatic rings. The first-order chi connectivity index (χ1) is 14.1. The van der Waals surface area contributed by atoms with Crippen molar-refractivity contribution in [3.8, 4) is 0 Å². The lowest BCUT2D eigenvalue weighted by molar-refractivity contribution is -0.116. The fourth-order valence-corrected chi connectivity index (χ4v) is 3.64. The fourth-order valence-electron chi connectivity index (χ4n) is 3.64. The smallest absolute Gasteiger partial charge is 0.254 e. The van der Waals surface area contributed by atoms with Crippen molar-refractivity contribution >= 4 is 28.4 Å². The number of rotatable bonds is 5. The Morgan fingerprint density at radius 1 is 1.14 bits per heavy atom. The van der Waals surface area contributed by atoms with E-state index in [1.807, 2.05) is 43.5 Å². The molecule has 2 amide bonds. The Balaban J connectivity index is 1.41. The van der Waals surface area contributed by atoms with Gasteiger partial charge in [-0.25, -0.2) is 0 Å². The number of aromatic amines is 1. The minimum absolute atomic E-state index is 0.0254. The minimum atomic E-state index is -0.0608. The highest BCUT2D eigenvalue weighted by molar-refractivity contribution is 5.98. The first-order valence-electron chi connectivity index (χ1n) is 9.94. The number of hydrogen-bond donors (Lipinski definition) is 2. The highest BCUT2D eigenvalue weighted by Gasteiger charge is 2.19. The summed E-state index contributed by atoms with van der Waals surface area (Å²) < 4.78 is 5.31. The maximum Gasteiger partial charge on any atom is 0.254 e. The lowest BCUT2D eigenvalue weighted by Crippen LogP contribution is -2.40. The number of para-hydroxylation sites is 1. The number of nitrogens with one attached hydrogen (secondary N) is 2. The van der Waals surface area contributed by atoms with Crippen molar-refractivity contribution in [2.75, 3.05) is 31.6 Å². The molecule has 2 N–H and O–H groups in total. The van der Waals surface area contributed by atoms with Crippen LogP contribution in [0.5, 0.6) is 0 Å². The molecule has 1 saturated heterocycles. The van der Waals surface area contributed by atoms with E-state index in [1.165, 1.54) is 0 Å². The van der Waals surface area contributed by atoms with Crippen LogP contribution in [0.2, 0.25) is 0 Å². The molecule has 0 unspecified atom stereocenters. The number of benzene rings is 2. The summed E-state index contributed by atoms with van der Waals surface area (Å²) in [5.74, 6) is -0.0862. The van der Waals surface area contributed by atoms with Crippen LogP contribution in [-0.2, 0) is 16.0 Å². The summed E-state index contributed by atoms with van der Waals surface area (Å²) in [5, 5.41) is 4.12. The van der Waals surface area contributed by atoms with Crippen molar-refractivity contribution in [3.05, 3.63) is 65.4 Å². The molecule has 4 rings (SSSR count). The van der Waals surface area contributed by atoms with Crippen LogP contribution < -0.4 is 5.32 Å². The Bertz CT molecular complexity index is 1030. The van der Waals surface area contributed by atoms with E-state index in [2.05, 4.69) is 16.4 Å². The summed E-state index contributed by atoms with van der Waals surface area (Å²) in [7, 11) is 0. The van der Waals surface area contributed by atoms with Gasteiger partial charge in [0.1, 0.15) is 0 Å². The molecule has 2 heterocycles. The number of amides is 2. The van der Waals surface area contributed by atoms with E-state index in [9.17, 15) is 9.59 Å². The molecule has 1 fully saturated rings. The number of aromatic nitrogens is 1. The number of nitrogens with zero attached hydrogens (tertiary/aromatic N) is 1. The molecule has 1 aromatic heterocycles. The van der Waals surface area contributed by atoms with Crippen LogP contribution in [0.15, 0.2) is 48.7 Å². The van der Waals surface area contributed by atoms with E-state index in [4.69, 9.17) is 4.74 Å². The molecule has 0 spiro atoms. The number of ether oxygens (including phenoxy) is 1. The average molecular weight is 391 g/mol. The first kappa shape index (κ1) is 19.2. The number of H-pyrrole nitrogens is 1. The lowest BCUT2D eigenvalue weighted by Gasteiger charge is -2.27. The van der Waals surface area contributed by atoms with Gasteiger partial charge in [-0.2, -0.15) is 0 Å². The van der Waals surface area contributed by atoms with Crippen LogP contribution >= 0.6 is 0 Å². The third kappa shape index (κ3) is 4.32. The number of anilines is 1. The third-order valence-electron chi connectivity index (χ3n) is 5.35. The minimum Gasteiger partial charge on any atom is -0.378 e. The number of carbonyl (C=O) groups is 2. The predicted molar refractivity (Wildman–Crippen MR) is 113 cm³/mol. The first-order valence-corrected chi connectivity index (χ1v) is 9.94. The second-order valence-corrected chi connectivity index (χ2v) is 7.34. The number of aryl methyl sites for hydroxylation is 2. The van der Waals surface area contributed by atoms with Crippen molar-refractivity contribution in [1.82, 2.24) is 9.88 Å². The maximum atomic E-state index is 12.7. The molecule has 6 nitrogen and oxygen atoms in total. The Labute approximate surface area is 169 Å². The summed E-state index contributed by atoms with van der Waals surface area (Å²) in [6.45, 7) is 4.25. The lowest BCUT2D eigenvalue weighted by atomic mass is 10.1. The fraction of sp³-hybridized carbons (Fsp3) is 0.304. The zero-order chi connectivity index (χ0) is 20.2. The maximum absolute atomic E-state index is 12.7. The molecule has 6 heteroatoms. The predicted octanol–water partition coefficient (Wildman–Crippen LogP) is 3.52. The molecule has 2 aromatic carbocycles. The van der Waals surface area contributed by atoms with Gasteiger partial charge >= 0.3 is 0 Å². The highest BCUT2D eigenvalue weighted by atomic mass is 16.5. The number of hydrogen-bond acceptors (Lipinski definition) is 3. The van der Waals surface area contributed by atoms with Crippen LogP contribution in [0.25, 0.3) is 10.9 Å². The summed E-state index contributed by atoms with van der Waals surface area (Å²) in [6.07, 6.45) is 3.00. The van der Waals surface area contributed by atoms with Gasteiger partial charge < -0.3 is 19.9 Å². The molecule has 0 radical (unpaired) electrons. The van der Waals surface area contributed by atoms with E-state index < -0.39 is 0 Å². The third-order valence-corrected chi connectivity index (χ3v) is 5.35. The van der Waals surface area contributed by atoms with Crippen molar-refractivity contribution in [1.29, 1.82) is 0 Å². The molecule has 0 bridgehead atoms. The Hall–Kier alpha value is -3.12. The monoisotopic (exact) mass is 391 g/mol. The second-order valence-electron chi connectivity index (χ2n) is 7.34. The van der Waals surface area contributed by atoms with Crippen LogP contribution in [-0.4, -0.2) is 48.0 Å². The molecule has 150 valence electrons. The quantitative estimate of drug-likeness (QED) is 0.699. The molecule has 1 aliphatic heterocycles. The van der Waals surface area contributed by atoms with Gasteiger partial charge in [-0.05, 0) is 42.7 Å². The second kappa shape index (κ2) is 8.49. The van der Waals surface area contributed by atoms with Crippen LogP contribution in [0.4, 0.5) is 5.69 Å². The van der Waals surface area contributed by atoms with Crippen molar-refractivity contribution < 1.29 is 14.3 Å². The SMILES string of the molecule is Cc1ccc(C(=O)N2CCOCC2)cc1NC(=O)CCc1c[nH]c2ccccc12. The zero-order valence-electron chi connectivity index (χ0n) is 16.5. The number of fused-ring (bicyclic) bond motifs is 1.